The first-order valence-electron chi connectivity index (χ1n) is 6.38. The van der Waals surface area contributed by atoms with Crippen molar-refractivity contribution >= 4 is 0 Å². The maximum atomic E-state index is 2.30. The molecule has 0 saturated carbocycles. The molecule has 0 aliphatic carbocycles. The van der Waals surface area contributed by atoms with Gasteiger partial charge in [0.2, 0.25) is 0 Å². The van der Waals surface area contributed by atoms with Crippen molar-refractivity contribution in [3.63, 3.8) is 0 Å². The van der Waals surface area contributed by atoms with E-state index in [1.807, 2.05) is 13.8 Å². The molecule has 0 N–H and O–H groups in total. The van der Waals surface area contributed by atoms with Gasteiger partial charge < -0.3 is 0 Å². The van der Waals surface area contributed by atoms with Crippen molar-refractivity contribution in [2.24, 2.45) is 5.92 Å². The summed E-state index contributed by atoms with van der Waals surface area (Å²) >= 11 is 0. The van der Waals surface area contributed by atoms with E-state index in [1.165, 1.54) is 24.0 Å². The Morgan fingerprint density at radius 1 is 1.00 bits per heavy atom. The van der Waals surface area contributed by atoms with Crippen LogP contribution in [0.15, 0.2) is 23.3 Å². The molecule has 0 rings (SSSR count). The molecule has 90 valence electrons. The Hall–Kier alpha value is -0.520. The third-order valence-electron chi connectivity index (χ3n) is 2.46. The number of allylic oxidation sites excluding steroid dienone is 4. The molecule has 0 nitrogen and oxygen atoms in total. The first-order chi connectivity index (χ1) is 7.07. The quantitative estimate of drug-likeness (QED) is 0.507. The van der Waals surface area contributed by atoms with Crippen LogP contribution in [0.25, 0.3) is 0 Å². The molecule has 0 radical (unpaired) electrons. The molecule has 15 heavy (non-hydrogen) atoms. The second-order valence-electron chi connectivity index (χ2n) is 4.22. The van der Waals surface area contributed by atoms with Crippen LogP contribution in [0, 0.1) is 5.92 Å². The molecular weight excluding hydrogens is 180 g/mol. The van der Waals surface area contributed by atoms with Crippen LogP contribution >= 0.6 is 0 Å². The second-order valence-corrected chi connectivity index (χ2v) is 4.22. The molecule has 0 amide bonds. The molecule has 0 heteroatoms. The van der Waals surface area contributed by atoms with Crippen molar-refractivity contribution < 1.29 is 0 Å². The largest absolute Gasteiger partial charge is 0.0880 e. The Morgan fingerprint density at radius 3 is 1.93 bits per heavy atom. The van der Waals surface area contributed by atoms with E-state index < -0.39 is 0 Å². The van der Waals surface area contributed by atoms with Crippen LogP contribution in [0.1, 0.15) is 67.7 Å². The van der Waals surface area contributed by atoms with Crippen molar-refractivity contribution in [2.75, 3.05) is 0 Å². The zero-order chi connectivity index (χ0) is 12.3. The predicted molar refractivity (Wildman–Crippen MR) is 73.2 cm³/mol. The normalized spacial score (nSPS) is 12.5. The van der Waals surface area contributed by atoms with Crippen molar-refractivity contribution in [1.29, 1.82) is 0 Å². The van der Waals surface area contributed by atoms with Gasteiger partial charge in [-0.05, 0) is 39.0 Å². The summed E-state index contributed by atoms with van der Waals surface area (Å²) in [6, 6.07) is 0. The molecule has 0 fully saturated rings. The molecule has 0 heterocycles. The first-order valence-corrected chi connectivity index (χ1v) is 6.38. The Kier molecular flexibility index (Phi) is 13.0. The maximum absolute atomic E-state index is 2.30. The van der Waals surface area contributed by atoms with Crippen LogP contribution in [-0.2, 0) is 0 Å². The van der Waals surface area contributed by atoms with Crippen LogP contribution in [-0.4, -0.2) is 0 Å². The number of hydrogen-bond acceptors (Lipinski definition) is 0. The van der Waals surface area contributed by atoms with Gasteiger partial charge in [0, 0.05) is 0 Å². The third kappa shape index (κ3) is 11.4. The minimum absolute atomic E-state index is 0.785. The van der Waals surface area contributed by atoms with Gasteiger partial charge in [-0.1, -0.05) is 57.9 Å². The summed E-state index contributed by atoms with van der Waals surface area (Å²) in [5, 5.41) is 0. The summed E-state index contributed by atoms with van der Waals surface area (Å²) in [5.74, 6) is 0.785. The van der Waals surface area contributed by atoms with Crippen molar-refractivity contribution in [2.45, 2.75) is 67.7 Å². The predicted octanol–water partition coefficient (Wildman–Crippen LogP) is 5.75. The highest BCUT2D eigenvalue weighted by Crippen LogP contribution is 2.12. The number of hydrogen-bond donors (Lipinski definition) is 0. The average molecular weight is 210 g/mol. The van der Waals surface area contributed by atoms with Gasteiger partial charge in [0.15, 0.2) is 0 Å². The van der Waals surface area contributed by atoms with Gasteiger partial charge in [0.1, 0.15) is 0 Å². The second kappa shape index (κ2) is 11.6. The molecule has 0 spiro atoms. The minimum atomic E-state index is 0.785. The van der Waals surface area contributed by atoms with E-state index >= 15 is 0 Å². The molecule has 0 unspecified atom stereocenters. The Bertz CT molecular complexity index is 182. The lowest BCUT2D eigenvalue weighted by atomic mass is 10.0. The lowest BCUT2D eigenvalue weighted by Gasteiger charge is -2.02. The summed E-state index contributed by atoms with van der Waals surface area (Å²) in [6.45, 7) is 15.2. The molecule has 0 aliphatic heterocycles. The number of rotatable bonds is 5. The van der Waals surface area contributed by atoms with Gasteiger partial charge in [0.25, 0.3) is 0 Å². The summed E-state index contributed by atoms with van der Waals surface area (Å²) in [4.78, 5) is 0. The molecule has 0 saturated heterocycles. The van der Waals surface area contributed by atoms with Crippen LogP contribution in [0.3, 0.4) is 0 Å². The maximum Gasteiger partial charge on any atom is -0.0139 e. The summed E-state index contributed by atoms with van der Waals surface area (Å²) in [6.07, 6.45) is 8.13. The molecule has 0 aromatic heterocycles. The summed E-state index contributed by atoms with van der Waals surface area (Å²) in [5.41, 5.74) is 3.07. The Balaban J connectivity index is 0. The van der Waals surface area contributed by atoms with E-state index in [9.17, 15) is 0 Å². The van der Waals surface area contributed by atoms with Crippen LogP contribution in [0.4, 0.5) is 0 Å². The van der Waals surface area contributed by atoms with E-state index in [2.05, 4.69) is 46.8 Å². The highest BCUT2D eigenvalue weighted by atomic mass is 14.0. The highest BCUT2D eigenvalue weighted by Gasteiger charge is 1.92. The van der Waals surface area contributed by atoms with Crippen LogP contribution < -0.4 is 0 Å². The first kappa shape index (κ1) is 16.9. The van der Waals surface area contributed by atoms with Crippen molar-refractivity contribution in [3.05, 3.63) is 23.3 Å². The molecule has 0 aliphatic rings. The van der Waals surface area contributed by atoms with E-state index in [0.717, 1.165) is 12.3 Å². The Morgan fingerprint density at radius 2 is 1.53 bits per heavy atom. The fourth-order valence-electron chi connectivity index (χ4n) is 1.10. The van der Waals surface area contributed by atoms with E-state index in [1.54, 1.807) is 0 Å². The molecular formula is C15H30. The highest BCUT2D eigenvalue weighted by molar-refractivity contribution is 5.12. The lowest BCUT2D eigenvalue weighted by Crippen LogP contribution is -1.83. The zero-order valence-electron chi connectivity index (χ0n) is 11.9. The van der Waals surface area contributed by atoms with Gasteiger partial charge in [-0.25, -0.2) is 0 Å². The summed E-state index contributed by atoms with van der Waals surface area (Å²) in [7, 11) is 0. The topological polar surface area (TPSA) is 0 Å². The van der Waals surface area contributed by atoms with Gasteiger partial charge in [-0.3, -0.25) is 0 Å². The van der Waals surface area contributed by atoms with Crippen LogP contribution in [0.5, 0.6) is 0 Å². The van der Waals surface area contributed by atoms with Gasteiger partial charge in [-0.2, -0.15) is 0 Å². The van der Waals surface area contributed by atoms with E-state index in [4.69, 9.17) is 0 Å². The zero-order valence-corrected chi connectivity index (χ0v) is 11.9. The summed E-state index contributed by atoms with van der Waals surface area (Å²) < 4.78 is 0. The molecule has 0 bridgehead atoms. The van der Waals surface area contributed by atoms with E-state index in [-0.39, 0.29) is 0 Å². The molecule has 0 aromatic rings. The van der Waals surface area contributed by atoms with Crippen molar-refractivity contribution in [1.82, 2.24) is 0 Å². The van der Waals surface area contributed by atoms with Crippen molar-refractivity contribution in [3.8, 4) is 0 Å². The fraction of sp³-hybridized carbons (Fsp3) is 0.733. The monoisotopic (exact) mass is 210 g/mol. The SMILES string of the molecule is CC.CC/C(C)=C(/C)C/C=C\CC(C)C. The Labute approximate surface area is 97.5 Å². The fourth-order valence-corrected chi connectivity index (χ4v) is 1.10. The van der Waals surface area contributed by atoms with Gasteiger partial charge in [-0.15, -0.1) is 0 Å². The minimum Gasteiger partial charge on any atom is -0.0880 e. The lowest BCUT2D eigenvalue weighted by molar-refractivity contribution is 0.662. The van der Waals surface area contributed by atoms with Crippen LogP contribution in [0.2, 0.25) is 0 Å². The molecule has 0 atom stereocenters. The smallest absolute Gasteiger partial charge is 0.0139 e. The van der Waals surface area contributed by atoms with Gasteiger partial charge >= 0.3 is 0 Å². The standard InChI is InChI=1S/C13H24.C2H6/c1-6-12(4)13(5)10-8-7-9-11(2)3;1-2/h7-8,11H,6,9-10H2,1-5H3;1-2H3/b8-7-,13-12-;. The third-order valence-corrected chi connectivity index (χ3v) is 2.46. The average Bonchev–Trinajstić information content (AvgIpc) is 2.25. The molecule has 0 aromatic carbocycles. The van der Waals surface area contributed by atoms with Gasteiger partial charge in [0.05, 0.1) is 0 Å². The van der Waals surface area contributed by atoms with E-state index in [0.29, 0.717) is 0 Å².